The smallest absolute Gasteiger partial charge is 0.255 e. The summed E-state index contributed by atoms with van der Waals surface area (Å²) in [6, 6.07) is 7.21. The third kappa shape index (κ3) is 3.85. The second kappa shape index (κ2) is 8.29. The Balaban J connectivity index is 1.71. The van der Waals surface area contributed by atoms with Crippen LogP contribution < -0.4 is 21.3 Å². The monoisotopic (exact) mass is 408 g/mol. The molecule has 0 bridgehead atoms. The molecule has 1 unspecified atom stereocenters. The summed E-state index contributed by atoms with van der Waals surface area (Å²) in [6.07, 6.45) is 2.96. The maximum absolute atomic E-state index is 12.9. The first-order chi connectivity index (χ1) is 14.6. The van der Waals surface area contributed by atoms with Crippen LogP contribution >= 0.6 is 0 Å². The molecule has 154 valence electrons. The number of hydrogen-bond acceptors (Lipinski definition) is 8. The van der Waals surface area contributed by atoms with Gasteiger partial charge in [-0.1, -0.05) is 0 Å². The van der Waals surface area contributed by atoms with E-state index >= 15 is 0 Å². The van der Waals surface area contributed by atoms with Crippen molar-refractivity contribution in [1.82, 2.24) is 24.8 Å². The van der Waals surface area contributed by atoms with Gasteiger partial charge in [0.25, 0.3) is 11.5 Å². The number of ether oxygens (including phenoxy) is 2. The zero-order valence-electron chi connectivity index (χ0n) is 16.2. The number of nitrogens with two attached hydrogens (primary N) is 1. The van der Waals surface area contributed by atoms with Crippen LogP contribution in [0.2, 0.25) is 0 Å². The lowest BCUT2D eigenvalue weighted by Crippen LogP contribution is -2.35. The van der Waals surface area contributed by atoms with Gasteiger partial charge in [-0.25, -0.2) is 15.0 Å². The molecule has 3 N–H and O–H groups in total. The molecular weight excluding hydrogens is 388 g/mol. The van der Waals surface area contributed by atoms with Gasteiger partial charge in [0.2, 0.25) is 0 Å². The highest BCUT2D eigenvalue weighted by Gasteiger charge is 2.26. The van der Waals surface area contributed by atoms with E-state index in [0.717, 1.165) is 0 Å². The molecule has 0 radical (unpaired) electrons. The molecule has 3 heterocycles. The Labute approximate surface area is 171 Å². The molecule has 1 aliphatic rings. The summed E-state index contributed by atoms with van der Waals surface area (Å²) in [5.41, 5.74) is 7.24. The third-order valence-corrected chi connectivity index (χ3v) is 4.71. The number of nitrogens with one attached hydrogen (secondary N) is 1. The Hall–Kier alpha value is -3.79. The molecular formula is C20H20N6O4. The fourth-order valence-corrected chi connectivity index (χ4v) is 3.26. The summed E-state index contributed by atoms with van der Waals surface area (Å²) in [5.74, 6) is 0.356. The van der Waals surface area contributed by atoms with Gasteiger partial charge in [0.1, 0.15) is 23.9 Å². The average molecular weight is 408 g/mol. The van der Waals surface area contributed by atoms with Crippen LogP contribution in [0.4, 0.5) is 5.69 Å². The molecule has 3 aromatic rings. The second-order valence-corrected chi connectivity index (χ2v) is 6.64. The molecule has 10 nitrogen and oxygen atoms in total. The van der Waals surface area contributed by atoms with Gasteiger partial charge in [0.15, 0.2) is 0 Å². The van der Waals surface area contributed by atoms with Gasteiger partial charge < -0.3 is 20.5 Å². The van der Waals surface area contributed by atoms with E-state index in [1.807, 2.05) is 0 Å². The van der Waals surface area contributed by atoms with Gasteiger partial charge in [-0.2, -0.15) is 0 Å². The number of rotatable bonds is 4. The van der Waals surface area contributed by atoms with E-state index in [1.165, 1.54) is 24.1 Å². The normalized spacial score (nSPS) is 15.7. The molecule has 0 spiro atoms. The number of nitrogens with zero attached hydrogens (tertiary/aromatic N) is 4. The molecule has 0 saturated carbocycles. The highest BCUT2D eigenvalue weighted by molar-refractivity contribution is 5.97. The maximum Gasteiger partial charge on any atom is 0.255 e. The fourth-order valence-electron chi connectivity index (χ4n) is 3.26. The lowest BCUT2D eigenvalue weighted by Gasteiger charge is -2.19. The quantitative estimate of drug-likeness (QED) is 0.605. The second-order valence-electron chi connectivity index (χ2n) is 6.64. The molecule has 10 heteroatoms. The summed E-state index contributed by atoms with van der Waals surface area (Å²) < 4.78 is 12.4. The van der Waals surface area contributed by atoms with Crippen molar-refractivity contribution >= 4 is 11.6 Å². The molecule has 0 saturated heterocycles. The summed E-state index contributed by atoms with van der Waals surface area (Å²) in [7, 11) is 1.46. The number of hydrogen-bond donors (Lipinski definition) is 2. The van der Waals surface area contributed by atoms with Crippen LogP contribution in [-0.2, 0) is 11.3 Å². The van der Waals surface area contributed by atoms with Crippen LogP contribution in [0.25, 0.3) is 11.4 Å². The molecule has 1 amide bonds. The molecule has 4 rings (SSSR count). The fraction of sp³-hybridized carbons (Fsp3) is 0.250. The topological polar surface area (TPSA) is 134 Å². The van der Waals surface area contributed by atoms with E-state index in [4.69, 9.17) is 15.2 Å². The van der Waals surface area contributed by atoms with Crippen molar-refractivity contribution in [2.75, 3.05) is 26.1 Å². The minimum atomic E-state index is -0.642. The standard InChI is InChI=1S/C20H20N6O4/c1-29-17-8-12(21)2-3-13(17)20(28)25-16-10-30-7-6-26-18(27)9-15(24-19(16)26)14-4-5-22-11-23-14/h2-5,8-9,11,16H,6-7,10,21H2,1H3,(H,25,28). The predicted molar refractivity (Wildman–Crippen MR) is 108 cm³/mol. The summed E-state index contributed by atoms with van der Waals surface area (Å²) in [6.45, 7) is 0.838. The first-order valence-electron chi connectivity index (χ1n) is 9.27. The summed E-state index contributed by atoms with van der Waals surface area (Å²) in [4.78, 5) is 38.3. The van der Waals surface area contributed by atoms with Crippen molar-refractivity contribution in [3.05, 3.63) is 64.6 Å². The van der Waals surface area contributed by atoms with Gasteiger partial charge in [0, 0.05) is 24.0 Å². The average Bonchev–Trinajstić information content (AvgIpc) is 2.96. The molecule has 1 aliphatic heterocycles. The molecule has 1 aromatic carbocycles. The van der Waals surface area contributed by atoms with Crippen LogP contribution in [0, 0.1) is 0 Å². The predicted octanol–water partition coefficient (Wildman–Crippen LogP) is 0.792. The van der Waals surface area contributed by atoms with Crippen molar-refractivity contribution in [2.24, 2.45) is 0 Å². The SMILES string of the molecule is COc1cc(N)ccc1C(=O)NC1COCCn2c1nc(-c1ccncn1)cc2=O. The largest absolute Gasteiger partial charge is 0.496 e. The summed E-state index contributed by atoms with van der Waals surface area (Å²) >= 11 is 0. The number of benzene rings is 1. The van der Waals surface area contributed by atoms with E-state index in [0.29, 0.717) is 47.4 Å². The Bertz CT molecular complexity index is 1130. The number of carbonyl (C=O) groups is 1. The minimum Gasteiger partial charge on any atom is -0.496 e. The zero-order chi connectivity index (χ0) is 21.1. The first kappa shape index (κ1) is 19.5. The zero-order valence-corrected chi connectivity index (χ0v) is 16.2. The maximum atomic E-state index is 12.9. The van der Waals surface area contributed by atoms with Crippen LogP contribution in [-0.4, -0.2) is 45.7 Å². The highest BCUT2D eigenvalue weighted by Crippen LogP contribution is 2.23. The molecule has 0 aliphatic carbocycles. The lowest BCUT2D eigenvalue weighted by molar-refractivity contribution is 0.0853. The first-order valence-corrected chi connectivity index (χ1v) is 9.27. The lowest BCUT2D eigenvalue weighted by atomic mass is 10.1. The van der Waals surface area contributed by atoms with Gasteiger partial charge in [-0.05, 0) is 18.2 Å². The van der Waals surface area contributed by atoms with Gasteiger partial charge in [0.05, 0.1) is 43.8 Å². The number of amides is 1. The Kier molecular flexibility index (Phi) is 5.40. The Morgan fingerprint density at radius 2 is 2.17 bits per heavy atom. The number of nitrogen functional groups attached to an aromatic ring is 1. The van der Waals surface area contributed by atoms with E-state index in [1.54, 1.807) is 30.5 Å². The van der Waals surface area contributed by atoms with Gasteiger partial charge in [-0.15, -0.1) is 0 Å². The summed E-state index contributed by atoms with van der Waals surface area (Å²) in [5, 5.41) is 2.89. The van der Waals surface area contributed by atoms with Crippen LogP contribution in [0.15, 0.2) is 47.7 Å². The number of carbonyl (C=O) groups excluding carboxylic acids is 1. The third-order valence-electron chi connectivity index (χ3n) is 4.71. The van der Waals surface area contributed by atoms with Crippen LogP contribution in [0.3, 0.4) is 0 Å². The highest BCUT2D eigenvalue weighted by atomic mass is 16.5. The van der Waals surface area contributed by atoms with E-state index in [-0.39, 0.29) is 12.2 Å². The van der Waals surface area contributed by atoms with E-state index in [2.05, 4.69) is 20.3 Å². The molecule has 1 atom stereocenters. The Morgan fingerprint density at radius 1 is 1.30 bits per heavy atom. The van der Waals surface area contributed by atoms with Crippen molar-refractivity contribution in [2.45, 2.75) is 12.6 Å². The van der Waals surface area contributed by atoms with Crippen molar-refractivity contribution in [3.8, 4) is 17.1 Å². The van der Waals surface area contributed by atoms with Crippen LogP contribution in [0.5, 0.6) is 5.75 Å². The van der Waals surface area contributed by atoms with Crippen molar-refractivity contribution < 1.29 is 14.3 Å². The number of methoxy groups -OCH3 is 1. The number of anilines is 1. The van der Waals surface area contributed by atoms with E-state index < -0.39 is 11.9 Å². The van der Waals surface area contributed by atoms with E-state index in [9.17, 15) is 9.59 Å². The Morgan fingerprint density at radius 3 is 2.93 bits per heavy atom. The number of aromatic nitrogens is 4. The molecule has 2 aromatic heterocycles. The number of fused-ring (bicyclic) bond motifs is 1. The van der Waals surface area contributed by atoms with Gasteiger partial charge >= 0.3 is 0 Å². The van der Waals surface area contributed by atoms with Crippen molar-refractivity contribution in [1.29, 1.82) is 0 Å². The van der Waals surface area contributed by atoms with Gasteiger partial charge in [-0.3, -0.25) is 14.2 Å². The molecule has 30 heavy (non-hydrogen) atoms. The molecule has 0 fully saturated rings. The van der Waals surface area contributed by atoms with Crippen LogP contribution in [0.1, 0.15) is 22.2 Å². The minimum absolute atomic E-state index is 0.169. The van der Waals surface area contributed by atoms with Crippen molar-refractivity contribution in [3.63, 3.8) is 0 Å².